The van der Waals surface area contributed by atoms with E-state index in [1.54, 1.807) is 30.4 Å². The zero-order valence-corrected chi connectivity index (χ0v) is 12.0. The van der Waals surface area contributed by atoms with Crippen LogP contribution in [-0.4, -0.2) is 17.1 Å². The van der Waals surface area contributed by atoms with Crippen molar-refractivity contribution in [3.8, 4) is 0 Å². The quantitative estimate of drug-likeness (QED) is 0.933. The minimum Gasteiger partial charge on any atom is -0.389 e. The number of aromatic nitrogens is 1. The van der Waals surface area contributed by atoms with Gasteiger partial charge in [-0.3, -0.25) is 0 Å². The van der Waals surface area contributed by atoms with Gasteiger partial charge in [0.05, 0.1) is 29.0 Å². The monoisotopic (exact) mass is 280 g/mol. The lowest BCUT2D eigenvalue weighted by atomic mass is 10.1. The van der Waals surface area contributed by atoms with Crippen molar-refractivity contribution in [2.75, 3.05) is 11.9 Å². The van der Waals surface area contributed by atoms with E-state index in [0.29, 0.717) is 17.8 Å². The maximum absolute atomic E-state index is 14.0. The number of rotatable bonds is 4. The number of hydrogen-bond donors (Lipinski definition) is 1. The summed E-state index contributed by atoms with van der Waals surface area (Å²) in [5, 5.41) is 12.4. The van der Waals surface area contributed by atoms with Crippen LogP contribution in [0.2, 0.25) is 0 Å². The topological polar surface area (TPSA) is 36.4 Å². The number of aliphatic hydroxyl groups excluding tert-OH is 1. The number of thiazole rings is 1. The van der Waals surface area contributed by atoms with Crippen LogP contribution in [0, 0.1) is 12.7 Å². The van der Waals surface area contributed by atoms with Crippen LogP contribution < -0.4 is 4.90 Å². The van der Waals surface area contributed by atoms with Crippen molar-refractivity contribution < 1.29 is 9.50 Å². The minimum atomic E-state index is -0.657. The molecule has 0 aliphatic rings. The summed E-state index contributed by atoms with van der Waals surface area (Å²) in [5.74, 6) is -0.326. The summed E-state index contributed by atoms with van der Waals surface area (Å²) >= 11 is 1.59. The second-order valence-electron chi connectivity index (χ2n) is 4.60. The summed E-state index contributed by atoms with van der Waals surface area (Å²) in [7, 11) is 1.83. The Morgan fingerprint density at radius 1 is 1.47 bits per heavy atom. The van der Waals surface area contributed by atoms with Gasteiger partial charge in [-0.1, -0.05) is 6.07 Å². The van der Waals surface area contributed by atoms with E-state index >= 15 is 0 Å². The molecule has 0 aliphatic carbocycles. The molecule has 2 aromatic rings. The molecule has 0 saturated heterocycles. The van der Waals surface area contributed by atoms with Crippen molar-refractivity contribution in [2.45, 2.75) is 26.5 Å². The molecular weight excluding hydrogens is 263 g/mol. The Labute approximate surface area is 116 Å². The molecule has 3 nitrogen and oxygen atoms in total. The zero-order chi connectivity index (χ0) is 14.0. The molecule has 2 rings (SSSR count). The van der Waals surface area contributed by atoms with Crippen LogP contribution in [0.4, 0.5) is 10.1 Å². The third kappa shape index (κ3) is 3.30. The first-order valence-electron chi connectivity index (χ1n) is 6.07. The smallest absolute Gasteiger partial charge is 0.146 e. The molecule has 19 heavy (non-hydrogen) atoms. The first kappa shape index (κ1) is 14.0. The second kappa shape index (κ2) is 5.67. The Morgan fingerprint density at radius 2 is 2.21 bits per heavy atom. The molecule has 1 N–H and O–H groups in total. The molecule has 102 valence electrons. The van der Waals surface area contributed by atoms with Crippen LogP contribution in [0.1, 0.15) is 29.3 Å². The Bertz CT molecular complexity index is 568. The molecule has 0 bridgehead atoms. The summed E-state index contributed by atoms with van der Waals surface area (Å²) in [5.41, 5.74) is 2.03. The van der Waals surface area contributed by atoms with Gasteiger partial charge in [-0.15, -0.1) is 11.3 Å². The molecule has 5 heteroatoms. The summed E-state index contributed by atoms with van der Waals surface area (Å²) < 4.78 is 14.0. The highest BCUT2D eigenvalue weighted by molar-refractivity contribution is 7.09. The molecule has 0 radical (unpaired) electrons. The molecule has 0 saturated carbocycles. The highest BCUT2D eigenvalue weighted by Crippen LogP contribution is 2.24. The fraction of sp³-hybridized carbons (Fsp3) is 0.357. The Morgan fingerprint density at radius 3 is 2.74 bits per heavy atom. The Balaban J connectivity index is 2.17. The molecule has 0 fully saturated rings. The van der Waals surface area contributed by atoms with Gasteiger partial charge in [-0.05, 0) is 31.5 Å². The molecule has 1 atom stereocenters. The standard InChI is InChI=1S/C14H17FN2OS/c1-9(18)11-4-5-14(13(15)6-11)17(3)7-12-8-19-10(2)16-12/h4-6,8-9,18H,7H2,1-3H3/t9-/m0/s1. The lowest BCUT2D eigenvalue weighted by Gasteiger charge is -2.19. The SMILES string of the molecule is Cc1nc(CN(C)c2ccc([C@H](C)O)cc2F)cs1. The van der Waals surface area contributed by atoms with Gasteiger partial charge < -0.3 is 10.0 Å². The highest BCUT2D eigenvalue weighted by Gasteiger charge is 2.11. The number of hydrogen-bond acceptors (Lipinski definition) is 4. The van der Waals surface area contributed by atoms with Gasteiger partial charge in [-0.2, -0.15) is 0 Å². The highest BCUT2D eigenvalue weighted by atomic mass is 32.1. The van der Waals surface area contributed by atoms with Gasteiger partial charge in [0, 0.05) is 12.4 Å². The average Bonchev–Trinajstić information content (AvgIpc) is 2.74. The van der Waals surface area contributed by atoms with Gasteiger partial charge in [-0.25, -0.2) is 9.37 Å². The number of halogens is 1. The van der Waals surface area contributed by atoms with E-state index < -0.39 is 6.10 Å². The van der Waals surface area contributed by atoms with Gasteiger partial charge in [0.25, 0.3) is 0 Å². The van der Waals surface area contributed by atoms with Crippen LogP contribution >= 0.6 is 11.3 Å². The predicted octanol–water partition coefficient (Wildman–Crippen LogP) is 3.28. The van der Waals surface area contributed by atoms with E-state index in [2.05, 4.69) is 4.98 Å². The molecule has 0 spiro atoms. The van der Waals surface area contributed by atoms with Crippen molar-refractivity contribution in [1.82, 2.24) is 4.98 Å². The lowest BCUT2D eigenvalue weighted by Crippen LogP contribution is -2.18. The van der Waals surface area contributed by atoms with Gasteiger partial charge >= 0.3 is 0 Å². The van der Waals surface area contributed by atoms with Crippen molar-refractivity contribution in [1.29, 1.82) is 0 Å². The van der Waals surface area contributed by atoms with E-state index in [1.165, 1.54) is 6.07 Å². The molecule has 1 aromatic carbocycles. The number of aliphatic hydroxyl groups is 1. The van der Waals surface area contributed by atoms with Crippen molar-refractivity contribution in [3.05, 3.63) is 45.7 Å². The molecule has 1 aromatic heterocycles. The number of benzene rings is 1. The largest absolute Gasteiger partial charge is 0.389 e. The van der Waals surface area contributed by atoms with Crippen LogP contribution in [0.25, 0.3) is 0 Å². The average molecular weight is 280 g/mol. The zero-order valence-electron chi connectivity index (χ0n) is 11.2. The summed E-state index contributed by atoms with van der Waals surface area (Å²) in [6, 6.07) is 4.81. The number of anilines is 1. The van der Waals surface area contributed by atoms with Gasteiger partial charge in [0.15, 0.2) is 0 Å². The van der Waals surface area contributed by atoms with Crippen LogP contribution in [0.15, 0.2) is 23.6 Å². The third-order valence-corrected chi connectivity index (χ3v) is 3.75. The van der Waals surface area contributed by atoms with Crippen molar-refractivity contribution in [3.63, 3.8) is 0 Å². The fourth-order valence-corrected chi connectivity index (χ4v) is 2.51. The number of aryl methyl sites for hydroxylation is 1. The van der Waals surface area contributed by atoms with E-state index in [-0.39, 0.29) is 5.82 Å². The summed E-state index contributed by atoms with van der Waals surface area (Å²) in [4.78, 5) is 6.18. The first-order chi connectivity index (χ1) is 8.97. The maximum Gasteiger partial charge on any atom is 0.146 e. The van der Waals surface area contributed by atoms with E-state index in [0.717, 1.165) is 10.7 Å². The molecule has 0 amide bonds. The Kier molecular flexibility index (Phi) is 4.17. The Hall–Kier alpha value is -1.46. The van der Waals surface area contributed by atoms with Crippen LogP contribution in [0.5, 0.6) is 0 Å². The van der Waals surface area contributed by atoms with Crippen molar-refractivity contribution >= 4 is 17.0 Å². The molecule has 0 aliphatic heterocycles. The van der Waals surface area contributed by atoms with Gasteiger partial charge in [0.1, 0.15) is 5.82 Å². The minimum absolute atomic E-state index is 0.326. The second-order valence-corrected chi connectivity index (χ2v) is 5.66. The summed E-state index contributed by atoms with van der Waals surface area (Å²) in [6.45, 7) is 4.14. The predicted molar refractivity (Wildman–Crippen MR) is 76.0 cm³/mol. The first-order valence-corrected chi connectivity index (χ1v) is 6.95. The van der Waals surface area contributed by atoms with Gasteiger partial charge in [0.2, 0.25) is 0 Å². The van der Waals surface area contributed by atoms with E-state index in [1.807, 2.05) is 24.3 Å². The van der Waals surface area contributed by atoms with Crippen LogP contribution in [0.3, 0.4) is 0 Å². The van der Waals surface area contributed by atoms with E-state index in [4.69, 9.17) is 0 Å². The molecule has 0 unspecified atom stereocenters. The van der Waals surface area contributed by atoms with Crippen LogP contribution in [-0.2, 0) is 6.54 Å². The molecule has 1 heterocycles. The fourth-order valence-electron chi connectivity index (χ4n) is 1.90. The normalized spacial score (nSPS) is 12.5. The van der Waals surface area contributed by atoms with E-state index in [9.17, 15) is 9.50 Å². The lowest BCUT2D eigenvalue weighted by molar-refractivity contribution is 0.199. The maximum atomic E-state index is 14.0. The van der Waals surface area contributed by atoms with Crippen molar-refractivity contribution in [2.24, 2.45) is 0 Å². The number of nitrogens with zero attached hydrogens (tertiary/aromatic N) is 2. The molecular formula is C14H17FN2OS. The summed E-state index contributed by atoms with van der Waals surface area (Å²) in [6.07, 6.45) is -0.657. The third-order valence-electron chi connectivity index (χ3n) is 2.93.